The predicted molar refractivity (Wildman–Crippen MR) is 85.8 cm³/mol. The highest BCUT2D eigenvalue weighted by molar-refractivity contribution is 5.97. The maximum atomic E-state index is 6.01. The molecule has 1 saturated carbocycles. The van der Waals surface area contributed by atoms with Crippen molar-refractivity contribution in [2.75, 3.05) is 17.6 Å². The molecule has 3 N–H and O–H groups in total. The van der Waals surface area contributed by atoms with Crippen molar-refractivity contribution in [1.82, 2.24) is 4.98 Å². The number of nitrogen functional groups attached to an aromatic ring is 1. The van der Waals surface area contributed by atoms with Gasteiger partial charge in [-0.3, -0.25) is 4.98 Å². The van der Waals surface area contributed by atoms with Crippen LogP contribution in [0.5, 0.6) is 0 Å². The van der Waals surface area contributed by atoms with E-state index in [4.69, 9.17) is 5.73 Å². The van der Waals surface area contributed by atoms with Gasteiger partial charge in [0.15, 0.2) is 0 Å². The molecule has 0 amide bonds. The predicted octanol–water partition coefficient (Wildman–Crippen LogP) is 4.20. The summed E-state index contributed by atoms with van der Waals surface area (Å²) in [5, 5.41) is 4.78. The topological polar surface area (TPSA) is 50.9 Å². The Kier molecular flexibility index (Phi) is 3.51. The highest BCUT2D eigenvalue weighted by Gasteiger charge is 2.31. The summed E-state index contributed by atoms with van der Waals surface area (Å²) in [7, 11) is 0. The molecule has 3 heteroatoms. The fourth-order valence-electron chi connectivity index (χ4n) is 3.42. The summed E-state index contributed by atoms with van der Waals surface area (Å²) in [5.41, 5.74) is 9.29. The van der Waals surface area contributed by atoms with E-state index in [0.29, 0.717) is 5.41 Å². The molecule has 3 rings (SSSR count). The molecular formula is C17H23N3. The molecule has 1 aliphatic carbocycles. The lowest BCUT2D eigenvalue weighted by Crippen LogP contribution is -2.25. The first kappa shape index (κ1) is 13.2. The first-order chi connectivity index (χ1) is 9.74. The van der Waals surface area contributed by atoms with Crippen molar-refractivity contribution in [1.29, 1.82) is 0 Å². The highest BCUT2D eigenvalue weighted by Crippen LogP contribution is 2.41. The lowest BCUT2D eigenvalue weighted by Gasteiger charge is -2.28. The van der Waals surface area contributed by atoms with E-state index in [1.54, 1.807) is 0 Å². The highest BCUT2D eigenvalue weighted by atomic mass is 14.9. The van der Waals surface area contributed by atoms with Crippen LogP contribution in [0, 0.1) is 5.41 Å². The van der Waals surface area contributed by atoms with Gasteiger partial charge in [0.2, 0.25) is 0 Å². The van der Waals surface area contributed by atoms with Gasteiger partial charge in [0.1, 0.15) is 0 Å². The molecule has 0 bridgehead atoms. The van der Waals surface area contributed by atoms with E-state index >= 15 is 0 Å². The Labute approximate surface area is 120 Å². The smallest absolute Gasteiger partial charge is 0.0951 e. The van der Waals surface area contributed by atoms with Crippen LogP contribution in [-0.2, 0) is 0 Å². The summed E-state index contributed by atoms with van der Waals surface area (Å²) < 4.78 is 0. The monoisotopic (exact) mass is 269 g/mol. The number of rotatable bonds is 4. The minimum absolute atomic E-state index is 0.482. The van der Waals surface area contributed by atoms with E-state index in [1.165, 1.54) is 32.1 Å². The summed E-state index contributed by atoms with van der Waals surface area (Å²) in [6, 6.07) is 8.05. The van der Waals surface area contributed by atoms with E-state index < -0.39 is 0 Å². The van der Waals surface area contributed by atoms with Crippen molar-refractivity contribution in [2.24, 2.45) is 5.41 Å². The van der Waals surface area contributed by atoms with E-state index in [1.807, 2.05) is 18.3 Å². The molecule has 106 valence electrons. The van der Waals surface area contributed by atoms with Crippen molar-refractivity contribution >= 4 is 22.3 Å². The normalized spacial score (nSPS) is 17.4. The third-order valence-electron chi connectivity index (χ3n) is 4.87. The van der Waals surface area contributed by atoms with Crippen molar-refractivity contribution < 1.29 is 0 Å². The van der Waals surface area contributed by atoms with Gasteiger partial charge in [-0.15, -0.1) is 0 Å². The number of fused-ring (bicyclic) bond motifs is 1. The summed E-state index contributed by atoms with van der Waals surface area (Å²) in [4.78, 5) is 4.39. The van der Waals surface area contributed by atoms with Crippen LogP contribution >= 0.6 is 0 Å². The van der Waals surface area contributed by atoms with E-state index in [0.717, 1.165) is 28.8 Å². The number of benzene rings is 1. The zero-order valence-corrected chi connectivity index (χ0v) is 12.2. The second-order valence-electron chi connectivity index (χ2n) is 6.02. The zero-order chi connectivity index (χ0) is 14.0. The first-order valence-corrected chi connectivity index (χ1v) is 7.61. The van der Waals surface area contributed by atoms with Crippen LogP contribution in [0.25, 0.3) is 10.9 Å². The molecule has 1 aromatic heterocycles. The van der Waals surface area contributed by atoms with Gasteiger partial charge in [0, 0.05) is 23.8 Å². The number of aromatic nitrogens is 1. The number of para-hydroxylation sites is 1. The second-order valence-corrected chi connectivity index (χ2v) is 6.02. The number of nitrogens with zero attached hydrogens (tertiary/aromatic N) is 1. The van der Waals surface area contributed by atoms with Crippen LogP contribution in [0.1, 0.15) is 39.0 Å². The van der Waals surface area contributed by atoms with Crippen LogP contribution in [0.4, 0.5) is 11.4 Å². The molecule has 1 fully saturated rings. The van der Waals surface area contributed by atoms with Gasteiger partial charge in [-0.1, -0.05) is 31.9 Å². The molecule has 0 aliphatic heterocycles. The number of hydrogen-bond acceptors (Lipinski definition) is 3. The van der Waals surface area contributed by atoms with Crippen molar-refractivity contribution in [3.05, 3.63) is 30.5 Å². The molecule has 0 atom stereocenters. The summed E-state index contributed by atoms with van der Waals surface area (Å²) in [6.07, 6.45) is 8.54. The average Bonchev–Trinajstić information content (AvgIpc) is 2.95. The van der Waals surface area contributed by atoms with Gasteiger partial charge in [-0.2, -0.15) is 0 Å². The first-order valence-electron chi connectivity index (χ1n) is 7.61. The largest absolute Gasteiger partial charge is 0.397 e. The molecule has 1 aromatic carbocycles. The maximum Gasteiger partial charge on any atom is 0.0951 e. The van der Waals surface area contributed by atoms with Crippen LogP contribution in [0.3, 0.4) is 0 Å². The summed E-state index contributed by atoms with van der Waals surface area (Å²) in [5.74, 6) is 0. The standard InChI is InChI=1S/C17H23N3/c1-2-17(9-3-4-10-17)12-20-15-8-11-19-16-13(15)6-5-7-14(16)18/h5-8,11H,2-4,9-10,12,18H2,1H3,(H,19,20). The van der Waals surface area contributed by atoms with Crippen LogP contribution in [0.2, 0.25) is 0 Å². The molecule has 0 radical (unpaired) electrons. The molecule has 20 heavy (non-hydrogen) atoms. The SMILES string of the molecule is CCC1(CNc2ccnc3c(N)cccc23)CCCC1. The Morgan fingerprint density at radius 1 is 1.25 bits per heavy atom. The lowest BCUT2D eigenvalue weighted by atomic mass is 9.83. The number of hydrogen-bond donors (Lipinski definition) is 2. The van der Waals surface area contributed by atoms with E-state index in [9.17, 15) is 0 Å². The van der Waals surface area contributed by atoms with Gasteiger partial charge >= 0.3 is 0 Å². The van der Waals surface area contributed by atoms with Crippen molar-refractivity contribution in [3.8, 4) is 0 Å². The molecule has 2 aromatic rings. The fraction of sp³-hybridized carbons (Fsp3) is 0.471. The van der Waals surface area contributed by atoms with E-state index in [-0.39, 0.29) is 0 Å². The molecule has 3 nitrogen and oxygen atoms in total. The molecule has 0 spiro atoms. The Hall–Kier alpha value is -1.77. The lowest BCUT2D eigenvalue weighted by molar-refractivity contribution is 0.307. The number of nitrogens with two attached hydrogens (primary N) is 1. The number of nitrogens with one attached hydrogen (secondary N) is 1. The number of anilines is 2. The molecule has 1 aliphatic rings. The van der Waals surface area contributed by atoms with Gasteiger partial charge < -0.3 is 11.1 Å². The Bertz CT molecular complexity index is 600. The third-order valence-corrected chi connectivity index (χ3v) is 4.87. The van der Waals surface area contributed by atoms with E-state index in [2.05, 4.69) is 29.4 Å². The number of pyridine rings is 1. The fourth-order valence-corrected chi connectivity index (χ4v) is 3.42. The third kappa shape index (κ3) is 2.33. The summed E-state index contributed by atoms with van der Waals surface area (Å²) >= 11 is 0. The Morgan fingerprint density at radius 3 is 2.80 bits per heavy atom. The summed E-state index contributed by atoms with van der Waals surface area (Å²) in [6.45, 7) is 3.37. The Morgan fingerprint density at radius 2 is 2.05 bits per heavy atom. The van der Waals surface area contributed by atoms with Gasteiger partial charge in [0.05, 0.1) is 11.2 Å². The Balaban J connectivity index is 1.86. The maximum absolute atomic E-state index is 6.01. The van der Waals surface area contributed by atoms with Crippen molar-refractivity contribution in [2.45, 2.75) is 39.0 Å². The van der Waals surface area contributed by atoms with Gasteiger partial charge in [0.25, 0.3) is 0 Å². The quantitative estimate of drug-likeness (QED) is 0.818. The average molecular weight is 269 g/mol. The van der Waals surface area contributed by atoms with Gasteiger partial charge in [-0.25, -0.2) is 0 Å². The zero-order valence-electron chi connectivity index (χ0n) is 12.2. The van der Waals surface area contributed by atoms with Crippen LogP contribution < -0.4 is 11.1 Å². The minimum atomic E-state index is 0.482. The van der Waals surface area contributed by atoms with Crippen LogP contribution in [0.15, 0.2) is 30.5 Å². The molecular weight excluding hydrogens is 246 g/mol. The molecule has 1 heterocycles. The van der Waals surface area contributed by atoms with Gasteiger partial charge in [-0.05, 0) is 36.8 Å². The molecule has 0 unspecified atom stereocenters. The van der Waals surface area contributed by atoms with Crippen molar-refractivity contribution in [3.63, 3.8) is 0 Å². The molecule has 0 saturated heterocycles. The second kappa shape index (κ2) is 5.31. The van der Waals surface area contributed by atoms with Crippen LogP contribution in [-0.4, -0.2) is 11.5 Å². The minimum Gasteiger partial charge on any atom is -0.397 e.